The highest BCUT2D eigenvalue weighted by molar-refractivity contribution is 6.04. The number of fused-ring (bicyclic) bond motifs is 3. The number of benzene rings is 1. The van der Waals surface area contributed by atoms with Crippen molar-refractivity contribution in [2.45, 2.75) is 44.9 Å². The first-order valence-electron chi connectivity index (χ1n) is 13.5. The highest BCUT2D eigenvalue weighted by Crippen LogP contribution is 2.37. The number of pyridine rings is 2. The molecule has 1 aromatic carbocycles. The number of nitrogens with zero attached hydrogens (tertiary/aromatic N) is 4. The largest absolute Gasteiger partial charge is 0.433 e. The molecule has 1 saturated heterocycles. The first-order chi connectivity index (χ1) is 19.5. The molecule has 1 fully saturated rings. The van der Waals surface area contributed by atoms with Gasteiger partial charge in [0.2, 0.25) is 0 Å². The summed E-state index contributed by atoms with van der Waals surface area (Å²) in [5, 5.41) is 13.6. The van der Waals surface area contributed by atoms with Crippen LogP contribution in [0.5, 0.6) is 0 Å². The van der Waals surface area contributed by atoms with Gasteiger partial charge in [-0.2, -0.15) is 13.2 Å². The molecule has 41 heavy (non-hydrogen) atoms. The molecule has 4 heterocycles. The molecule has 0 bridgehead atoms. The molecule has 0 spiro atoms. The Labute approximate surface area is 234 Å². The Bertz CT molecular complexity index is 1640. The third kappa shape index (κ3) is 5.39. The number of aliphatic hydroxyl groups is 1. The molecule has 214 valence electrons. The van der Waals surface area contributed by atoms with Crippen molar-refractivity contribution in [3.63, 3.8) is 0 Å². The van der Waals surface area contributed by atoms with Gasteiger partial charge in [0, 0.05) is 54.4 Å². The van der Waals surface area contributed by atoms with E-state index in [9.17, 15) is 23.1 Å². The smallest absolute Gasteiger partial charge is 0.390 e. The van der Waals surface area contributed by atoms with Crippen LogP contribution >= 0.6 is 0 Å². The van der Waals surface area contributed by atoms with Gasteiger partial charge >= 0.3 is 6.18 Å². The zero-order chi connectivity index (χ0) is 28.9. The van der Waals surface area contributed by atoms with Crippen LogP contribution in [0, 0.1) is 6.92 Å². The number of amides is 1. The predicted molar refractivity (Wildman–Crippen MR) is 148 cm³/mol. The lowest BCUT2D eigenvalue weighted by atomic mass is 9.87. The van der Waals surface area contributed by atoms with Gasteiger partial charge in [-0.05, 0) is 68.1 Å². The molecule has 4 aromatic rings. The minimum atomic E-state index is -4.65. The molecule has 1 amide bonds. The fraction of sp³-hybridized carbons (Fsp3) is 0.367. The first-order valence-corrected chi connectivity index (χ1v) is 13.5. The summed E-state index contributed by atoms with van der Waals surface area (Å²) in [7, 11) is 0. The van der Waals surface area contributed by atoms with E-state index in [1.54, 1.807) is 6.07 Å². The average Bonchev–Trinajstić information content (AvgIpc) is 3.30. The number of hydrogen-bond acceptors (Lipinski definition) is 6. The van der Waals surface area contributed by atoms with Crippen molar-refractivity contribution in [1.82, 2.24) is 14.4 Å². The molecule has 0 saturated carbocycles. The number of morpholine rings is 1. The minimum absolute atomic E-state index is 0.137. The van der Waals surface area contributed by atoms with Crippen LogP contribution in [0.25, 0.3) is 16.8 Å². The van der Waals surface area contributed by atoms with E-state index in [1.807, 2.05) is 32.2 Å². The Balaban J connectivity index is 1.41. The molecule has 3 aromatic heterocycles. The van der Waals surface area contributed by atoms with Gasteiger partial charge in [0.05, 0.1) is 30.2 Å². The van der Waals surface area contributed by atoms with E-state index in [-0.39, 0.29) is 5.56 Å². The number of nitrogens with one attached hydrogen (secondary N) is 1. The number of hydrogen-bond donors (Lipinski definition) is 2. The molecular weight excluding hydrogens is 535 g/mol. The molecule has 1 aliphatic heterocycles. The summed E-state index contributed by atoms with van der Waals surface area (Å²) in [6, 6.07) is 9.49. The van der Waals surface area contributed by atoms with Gasteiger partial charge in [-0.25, -0.2) is 4.98 Å². The molecule has 8 nitrogen and oxygen atoms in total. The van der Waals surface area contributed by atoms with Crippen molar-refractivity contribution in [2.24, 2.45) is 0 Å². The monoisotopic (exact) mass is 565 g/mol. The third-order valence-electron chi connectivity index (χ3n) is 7.80. The standard InChI is InChI=1S/C30H30F3N5O3/c1-18-3-4-21(35-28(39)19-6-8-34-26(14-19)30(31,32)33)15-22(18)20-13-24(37-9-11-41-12-10-37)27-36-23-5-7-29(2,40)16-25(23)38(27)17-20/h3-4,6,8,13-15,17,40H,5,7,9-12,16H2,1-2H3,(H,35,39). The summed E-state index contributed by atoms with van der Waals surface area (Å²) >= 11 is 0. The fourth-order valence-electron chi connectivity index (χ4n) is 5.57. The number of ether oxygens (including phenoxy) is 1. The van der Waals surface area contributed by atoms with Gasteiger partial charge in [0.15, 0.2) is 5.65 Å². The zero-order valence-electron chi connectivity index (χ0n) is 22.8. The third-order valence-corrected chi connectivity index (χ3v) is 7.80. The quantitative estimate of drug-likeness (QED) is 0.360. The predicted octanol–water partition coefficient (Wildman–Crippen LogP) is 5.05. The maximum absolute atomic E-state index is 13.1. The Morgan fingerprint density at radius 3 is 2.68 bits per heavy atom. The maximum atomic E-state index is 13.1. The van der Waals surface area contributed by atoms with Gasteiger partial charge < -0.3 is 24.5 Å². The van der Waals surface area contributed by atoms with E-state index in [0.29, 0.717) is 38.2 Å². The summed E-state index contributed by atoms with van der Waals surface area (Å²) < 4.78 is 47.0. The number of halogens is 3. The van der Waals surface area contributed by atoms with E-state index in [4.69, 9.17) is 9.72 Å². The van der Waals surface area contributed by atoms with Crippen molar-refractivity contribution >= 4 is 22.9 Å². The number of aryl methyl sites for hydroxylation is 2. The number of imidazole rings is 1. The number of alkyl halides is 3. The summed E-state index contributed by atoms with van der Waals surface area (Å²) in [6.07, 6.45) is 0.156. The number of aromatic nitrogens is 3. The molecule has 6 rings (SSSR count). The average molecular weight is 566 g/mol. The number of carbonyl (C=O) groups excluding carboxylic acids is 1. The van der Waals surface area contributed by atoms with E-state index < -0.39 is 23.4 Å². The lowest BCUT2D eigenvalue weighted by molar-refractivity contribution is -0.141. The highest BCUT2D eigenvalue weighted by atomic mass is 19.4. The molecule has 0 radical (unpaired) electrons. The van der Waals surface area contributed by atoms with E-state index in [0.717, 1.165) is 64.8 Å². The number of anilines is 2. The second-order valence-corrected chi connectivity index (χ2v) is 11.0. The van der Waals surface area contributed by atoms with Crippen molar-refractivity contribution in [2.75, 3.05) is 36.5 Å². The molecule has 11 heteroatoms. The van der Waals surface area contributed by atoms with Crippen LogP contribution in [0.1, 0.15) is 46.3 Å². The maximum Gasteiger partial charge on any atom is 0.433 e. The van der Waals surface area contributed by atoms with Crippen LogP contribution < -0.4 is 10.2 Å². The summed E-state index contributed by atoms with van der Waals surface area (Å²) in [6.45, 7) is 6.46. The lowest BCUT2D eigenvalue weighted by Gasteiger charge is -2.30. The fourth-order valence-corrected chi connectivity index (χ4v) is 5.57. The molecule has 1 aliphatic carbocycles. The zero-order valence-corrected chi connectivity index (χ0v) is 22.8. The molecule has 2 N–H and O–H groups in total. The molecule has 1 atom stereocenters. The highest BCUT2D eigenvalue weighted by Gasteiger charge is 2.33. The second-order valence-electron chi connectivity index (χ2n) is 11.0. The molecular formula is C30H30F3N5O3. The van der Waals surface area contributed by atoms with Crippen molar-refractivity contribution in [3.05, 3.63) is 77.0 Å². The van der Waals surface area contributed by atoms with Crippen molar-refractivity contribution in [1.29, 1.82) is 0 Å². The summed E-state index contributed by atoms with van der Waals surface area (Å²) in [4.78, 5) is 23.5. The Hall–Kier alpha value is -3.96. The van der Waals surface area contributed by atoms with Crippen molar-refractivity contribution in [3.8, 4) is 11.1 Å². The van der Waals surface area contributed by atoms with Crippen LogP contribution in [0.3, 0.4) is 0 Å². The SMILES string of the molecule is Cc1ccc(NC(=O)c2ccnc(C(F)(F)F)c2)cc1-c1cc(N2CCOCC2)c2nc3c(n2c1)CC(C)(O)CC3. The van der Waals surface area contributed by atoms with E-state index in [1.165, 1.54) is 6.07 Å². The van der Waals surface area contributed by atoms with Crippen LogP contribution in [-0.2, 0) is 23.8 Å². The van der Waals surface area contributed by atoms with Gasteiger partial charge in [-0.1, -0.05) is 6.07 Å². The topological polar surface area (TPSA) is 92.0 Å². The molecule has 1 unspecified atom stereocenters. The minimum Gasteiger partial charge on any atom is -0.390 e. The van der Waals surface area contributed by atoms with Crippen molar-refractivity contribution < 1.29 is 27.8 Å². The summed E-state index contributed by atoms with van der Waals surface area (Å²) in [5.41, 5.74) is 4.83. The normalized spacial score (nSPS) is 19.3. The van der Waals surface area contributed by atoms with Gasteiger partial charge in [-0.3, -0.25) is 9.78 Å². The first kappa shape index (κ1) is 27.2. The Morgan fingerprint density at radius 2 is 1.93 bits per heavy atom. The van der Waals surface area contributed by atoms with E-state index in [2.05, 4.69) is 25.7 Å². The number of rotatable bonds is 4. The van der Waals surface area contributed by atoms with E-state index >= 15 is 0 Å². The van der Waals surface area contributed by atoms with Gasteiger partial charge in [0.25, 0.3) is 5.91 Å². The summed E-state index contributed by atoms with van der Waals surface area (Å²) in [5.74, 6) is -0.664. The van der Waals surface area contributed by atoms with Crippen LogP contribution in [0.4, 0.5) is 24.5 Å². The van der Waals surface area contributed by atoms with Gasteiger partial charge in [-0.15, -0.1) is 0 Å². The number of carbonyl (C=O) groups is 1. The molecule has 2 aliphatic rings. The van der Waals surface area contributed by atoms with Crippen LogP contribution in [-0.4, -0.2) is 57.3 Å². The lowest BCUT2D eigenvalue weighted by Crippen LogP contribution is -2.36. The Morgan fingerprint density at radius 1 is 1.15 bits per heavy atom. The second kappa shape index (κ2) is 10.1. The van der Waals surface area contributed by atoms with Crippen LogP contribution in [0.2, 0.25) is 0 Å². The van der Waals surface area contributed by atoms with Gasteiger partial charge in [0.1, 0.15) is 5.69 Å². The van der Waals surface area contributed by atoms with Crippen LogP contribution in [0.15, 0.2) is 48.8 Å². The Kier molecular flexibility index (Phi) is 6.74.